The molecule has 0 fully saturated rings. The number of amides is 1. The minimum atomic E-state index is -0.173. The van der Waals surface area contributed by atoms with Gasteiger partial charge in [0.2, 0.25) is 0 Å². The molecule has 2 rings (SSSR count). The molecule has 2 N–H and O–H groups in total. The van der Waals surface area contributed by atoms with Crippen LogP contribution < -0.4 is 10.6 Å². The van der Waals surface area contributed by atoms with Gasteiger partial charge in [0, 0.05) is 25.2 Å². The van der Waals surface area contributed by atoms with Crippen LogP contribution in [0.3, 0.4) is 0 Å². The van der Waals surface area contributed by atoms with E-state index in [1.807, 2.05) is 30.3 Å². The summed E-state index contributed by atoms with van der Waals surface area (Å²) in [4.78, 5) is 11.9. The lowest BCUT2D eigenvalue weighted by molar-refractivity contribution is 0.0953. The van der Waals surface area contributed by atoms with Crippen LogP contribution in [-0.2, 0) is 13.1 Å². The van der Waals surface area contributed by atoms with Crippen LogP contribution in [0.5, 0.6) is 0 Å². The smallest absolute Gasteiger partial charge is 0.251 e. The first-order valence-electron chi connectivity index (χ1n) is 8.43. The second kappa shape index (κ2) is 9.18. The third-order valence-electron chi connectivity index (χ3n) is 3.93. The number of rotatable bonds is 8. The summed E-state index contributed by atoms with van der Waals surface area (Å²) in [5.74, 6) is -0.203. The molecule has 0 heterocycles. The second-order valence-corrected chi connectivity index (χ2v) is 5.99. The quantitative estimate of drug-likeness (QED) is 0.720. The Labute approximate surface area is 143 Å². The molecule has 24 heavy (non-hydrogen) atoms. The molecule has 3 nitrogen and oxygen atoms in total. The highest BCUT2D eigenvalue weighted by Crippen LogP contribution is 2.09. The maximum absolute atomic E-state index is 13.5. The Bertz CT molecular complexity index is 668. The average molecular weight is 328 g/mol. The Morgan fingerprint density at radius 2 is 1.71 bits per heavy atom. The number of halogens is 1. The van der Waals surface area contributed by atoms with Gasteiger partial charge >= 0.3 is 0 Å². The largest absolute Gasteiger partial charge is 0.352 e. The summed E-state index contributed by atoms with van der Waals surface area (Å²) in [7, 11) is 0. The summed E-state index contributed by atoms with van der Waals surface area (Å²) in [6.45, 7) is 5.85. The number of hydrogen-bond donors (Lipinski definition) is 2. The van der Waals surface area contributed by atoms with Crippen molar-refractivity contribution in [3.63, 3.8) is 0 Å². The van der Waals surface area contributed by atoms with Gasteiger partial charge in [-0.2, -0.15) is 0 Å². The van der Waals surface area contributed by atoms with Gasteiger partial charge in [-0.05, 0) is 48.2 Å². The van der Waals surface area contributed by atoms with Gasteiger partial charge < -0.3 is 10.6 Å². The molecule has 1 amide bonds. The van der Waals surface area contributed by atoms with Crippen LogP contribution in [0.4, 0.5) is 4.39 Å². The summed E-state index contributed by atoms with van der Waals surface area (Å²) in [5, 5.41) is 6.19. The molecule has 0 spiro atoms. The van der Waals surface area contributed by atoms with Crippen molar-refractivity contribution >= 4 is 5.91 Å². The average Bonchev–Trinajstić information content (AvgIpc) is 2.59. The molecule has 0 unspecified atom stereocenters. The number of unbranched alkanes of at least 4 members (excludes halogenated alkanes) is 1. The summed E-state index contributed by atoms with van der Waals surface area (Å²) in [6, 6.07) is 12.8. The molecular weight excluding hydrogens is 303 g/mol. The molecule has 0 aliphatic rings. The topological polar surface area (TPSA) is 41.1 Å². The van der Waals surface area contributed by atoms with E-state index < -0.39 is 0 Å². The molecule has 0 aromatic heterocycles. The van der Waals surface area contributed by atoms with Crippen molar-refractivity contribution in [2.24, 2.45) is 0 Å². The molecule has 0 radical (unpaired) electrons. The molecule has 0 atom stereocenters. The maximum atomic E-state index is 13.5. The highest BCUT2D eigenvalue weighted by Gasteiger charge is 2.04. The van der Waals surface area contributed by atoms with E-state index in [2.05, 4.69) is 17.6 Å². The SMILES string of the molecule is CCCCNC(=O)c1ccc(CNCc2ccc(C)c(F)c2)cc1. The monoisotopic (exact) mass is 328 g/mol. The van der Waals surface area contributed by atoms with Gasteiger partial charge in [0.25, 0.3) is 5.91 Å². The van der Waals surface area contributed by atoms with E-state index in [1.165, 1.54) is 0 Å². The lowest BCUT2D eigenvalue weighted by Crippen LogP contribution is -2.24. The van der Waals surface area contributed by atoms with Gasteiger partial charge in [-0.25, -0.2) is 4.39 Å². The normalized spacial score (nSPS) is 10.6. The van der Waals surface area contributed by atoms with Gasteiger partial charge in [0.15, 0.2) is 0 Å². The zero-order valence-corrected chi connectivity index (χ0v) is 14.4. The van der Waals surface area contributed by atoms with E-state index in [0.29, 0.717) is 30.8 Å². The molecule has 0 saturated heterocycles. The summed E-state index contributed by atoms with van der Waals surface area (Å²) in [6.07, 6.45) is 2.06. The van der Waals surface area contributed by atoms with Crippen LogP contribution in [0, 0.1) is 12.7 Å². The van der Waals surface area contributed by atoms with Crippen LogP contribution in [0.1, 0.15) is 46.8 Å². The summed E-state index contributed by atoms with van der Waals surface area (Å²) >= 11 is 0. The van der Waals surface area contributed by atoms with Crippen LogP contribution >= 0.6 is 0 Å². The van der Waals surface area contributed by atoms with E-state index >= 15 is 0 Å². The fourth-order valence-corrected chi connectivity index (χ4v) is 2.35. The molecule has 0 aliphatic heterocycles. The first kappa shape index (κ1) is 18.1. The zero-order chi connectivity index (χ0) is 17.4. The Hall–Kier alpha value is -2.20. The van der Waals surface area contributed by atoms with E-state index in [1.54, 1.807) is 19.1 Å². The van der Waals surface area contributed by atoms with E-state index in [9.17, 15) is 9.18 Å². The van der Waals surface area contributed by atoms with Crippen molar-refractivity contribution in [2.75, 3.05) is 6.54 Å². The fourth-order valence-electron chi connectivity index (χ4n) is 2.35. The lowest BCUT2D eigenvalue weighted by Gasteiger charge is -2.08. The molecule has 0 saturated carbocycles. The Morgan fingerprint density at radius 3 is 2.38 bits per heavy atom. The molecule has 2 aromatic carbocycles. The molecule has 4 heteroatoms. The highest BCUT2D eigenvalue weighted by molar-refractivity contribution is 5.94. The predicted molar refractivity (Wildman–Crippen MR) is 95.4 cm³/mol. The van der Waals surface area contributed by atoms with Crippen LogP contribution in [-0.4, -0.2) is 12.5 Å². The minimum Gasteiger partial charge on any atom is -0.352 e. The predicted octanol–water partition coefficient (Wildman–Crippen LogP) is 3.95. The van der Waals surface area contributed by atoms with Crippen molar-refractivity contribution in [3.8, 4) is 0 Å². The third kappa shape index (κ3) is 5.46. The molecular formula is C20H25FN2O. The second-order valence-electron chi connectivity index (χ2n) is 5.99. The maximum Gasteiger partial charge on any atom is 0.251 e. The van der Waals surface area contributed by atoms with Crippen molar-refractivity contribution in [1.82, 2.24) is 10.6 Å². The summed E-state index contributed by atoms with van der Waals surface area (Å²) in [5.41, 5.74) is 3.35. The van der Waals surface area contributed by atoms with Crippen LogP contribution in [0.25, 0.3) is 0 Å². The summed E-state index contributed by atoms with van der Waals surface area (Å²) < 4.78 is 13.5. The van der Waals surface area contributed by atoms with Gasteiger partial charge in [-0.15, -0.1) is 0 Å². The van der Waals surface area contributed by atoms with Gasteiger partial charge in [0.05, 0.1) is 0 Å². The highest BCUT2D eigenvalue weighted by atomic mass is 19.1. The van der Waals surface area contributed by atoms with Crippen molar-refractivity contribution in [3.05, 3.63) is 70.5 Å². The lowest BCUT2D eigenvalue weighted by atomic mass is 10.1. The Balaban J connectivity index is 1.81. The standard InChI is InChI=1S/C20H25FN2O/c1-3-4-11-23-20(24)18-9-7-16(8-10-18)13-22-14-17-6-5-15(2)19(21)12-17/h5-10,12,22H,3-4,11,13-14H2,1-2H3,(H,23,24). The minimum absolute atomic E-state index is 0.0295. The number of aryl methyl sites for hydroxylation is 1. The first-order chi connectivity index (χ1) is 11.6. The van der Waals surface area contributed by atoms with Crippen molar-refractivity contribution in [1.29, 1.82) is 0 Å². The Morgan fingerprint density at radius 1 is 1.04 bits per heavy atom. The number of nitrogens with one attached hydrogen (secondary N) is 2. The zero-order valence-electron chi connectivity index (χ0n) is 14.4. The van der Waals surface area contributed by atoms with E-state index in [0.717, 1.165) is 24.0 Å². The molecule has 2 aromatic rings. The molecule has 0 bridgehead atoms. The van der Waals surface area contributed by atoms with E-state index in [4.69, 9.17) is 0 Å². The molecule has 0 aliphatic carbocycles. The van der Waals surface area contributed by atoms with Gasteiger partial charge in [-0.3, -0.25) is 4.79 Å². The van der Waals surface area contributed by atoms with Crippen molar-refractivity contribution < 1.29 is 9.18 Å². The van der Waals surface area contributed by atoms with Gasteiger partial charge in [-0.1, -0.05) is 37.6 Å². The number of carbonyl (C=O) groups is 1. The first-order valence-corrected chi connectivity index (χ1v) is 8.43. The third-order valence-corrected chi connectivity index (χ3v) is 3.93. The van der Waals surface area contributed by atoms with Gasteiger partial charge in [0.1, 0.15) is 5.82 Å². The van der Waals surface area contributed by atoms with Crippen LogP contribution in [0.2, 0.25) is 0 Å². The van der Waals surface area contributed by atoms with E-state index in [-0.39, 0.29) is 11.7 Å². The fraction of sp³-hybridized carbons (Fsp3) is 0.350. The Kier molecular flexibility index (Phi) is 6.94. The van der Waals surface area contributed by atoms with Crippen molar-refractivity contribution in [2.45, 2.75) is 39.8 Å². The number of hydrogen-bond acceptors (Lipinski definition) is 2. The molecule has 128 valence electrons. The number of benzene rings is 2. The van der Waals surface area contributed by atoms with Crippen LogP contribution in [0.15, 0.2) is 42.5 Å². The number of carbonyl (C=O) groups excluding carboxylic acids is 1.